The van der Waals surface area contributed by atoms with Gasteiger partial charge in [0, 0.05) is 9.89 Å². The van der Waals surface area contributed by atoms with Gasteiger partial charge in [-0.15, -0.1) is 0 Å². The molecule has 0 unspecified atom stereocenters. The van der Waals surface area contributed by atoms with Crippen molar-refractivity contribution in [2.24, 2.45) is 0 Å². The standard InChI is InChI=1S/C25H25BrO3/c1-17-14-21(26)15-18(2)24(17)29-23(27)16-28-22-12-10-20(11-13-22)25(3,4)19-8-6-5-7-9-19/h5-15H,16H2,1-4H3. The molecule has 0 spiro atoms. The third kappa shape index (κ3) is 5.07. The van der Waals surface area contributed by atoms with Crippen LogP contribution in [0.5, 0.6) is 11.5 Å². The Balaban J connectivity index is 1.63. The molecule has 3 aromatic carbocycles. The second kappa shape index (κ2) is 8.83. The first-order valence-electron chi connectivity index (χ1n) is 9.53. The minimum atomic E-state index is -0.424. The van der Waals surface area contributed by atoms with E-state index in [1.165, 1.54) is 11.1 Å². The molecule has 0 N–H and O–H groups in total. The minimum absolute atomic E-state index is 0.116. The fraction of sp³-hybridized carbons (Fsp3) is 0.240. The normalized spacial score (nSPS) is 11.2. The maximum atomic E-state index is 12.2. The molecule has 0 aromatic heterocycles. The molecule has 0 fully saturated rings. The van der Waals surface area contributed by atoms with Crippen molar-refractivity contribution in [1.29, 1.82) is 0 Å². The lowest BCUT2D eigenvalue weighted by molar-refractivity contribution is -0.136. The zero-order valence-corrected chi connectivity index (χ0v) is 18.7. The summed E-state index contributed by atoms with van der Waals surface area (Å²) in [4.78, 5) is 12.2. The highest BCUT2D eigenvalue weighted by molar-refractivity contribution is 9.10. The molecule has 0 bridgehead atoms. The van der Waals surface area contributed by atoms with Crippen molar-refractivity contribution in [2.45, 2.75) is 33.1 Å². The molecule has 29 heavy (non-hydrogen) atoms. The first kappa shape index (κ1) is 21.1. The lowest BCUT2D eigenvalue weighted by Gasteiger charge is -2.26. The first-order chi connectivity index (χ1) is 13.8. The summed E-state index contributed by atoms with van der Waals surface area (Å²) in [6.45, 7) is 8.07. The van der Waals surface area contributed by atoms with Gasteiger partial charge in [0.05, 0.1) is 0 Å². The SMILES string of the molecule is Cc1cc(Br)cc(C)c1OC(=O)COc1ccc(C(C)(C)c2ccccc2)cc1. The molecule has 0 amide bonds. The summed E-state index contributed by atoms with van der Waals surface area (Å²) in [7, 11) is 0. The van der Waals surface area contributed by atoms with E-state index in [0.29, 0.717) is 11.5 Å². The van der Waals surface area contributed by atoms with E-state index in [1.54, 1.807) is 0 Å². The smallest absolute Gasteiger partial charge is 0.349 e. The number of esters is 1. The average molecular weight is 453 g/mol. The van der Waals surface area contributed by atoms with E-state index < -0.39 is 5.97 Å². The van der Waals surface area contributed by atoms with E-state index >= 15 is 0 Å². The zero-order valence-electron chi connectivity index (χ0n) is 17.2. The van der Waals surface area contributed by atoms with Crippen LogP contribution in [0.2, 0.25) is 0 Å². The van der Waals surface area contributed by atoms with Gasteiger partial charge in [0.25, 0.3) is 0 Å². The van der Waals surface area contributed by atoms with Gasteiger partial charge in [-0.2, -0.15) is 0 Å². The molecule has 0 saturated heterocycles. The molecule has 0 aliphatic heterocycles. The van der Waals surface area contributed by atoms with E-state index in [2.05, 4.69) is 54.0 Å². The Bertz CT molecular complexity index is 969. The van der Waals surface area contributed by atoms with Crippen LogP contribution in [0.15, 0.2) is 71.2 Å². The molecule has 0 aliphatic carbocycles. The molecule has 3 nitrogen and oxygen atoms in total. The van der Waals surface area contributed by atoms with Crippen LogP contribution in [0.3, 0.4) is 0 Å². The number of benzene rings is 3. The van der Waals surface area contributed by atoms with Gasteiger partial charge in [0.1, 0.15) is 11.5 Å². The maximum Gasteiger partial charge on any atom is 0.349 e. The summed E-state index contributed by atoms with van der Waals surface area (Å²) < 4.78 is 12.1. The second-order valence-corrected chi connectivity index (χ2v) is 8.56. The van der Waals surface area contributed by atoms with Gasteiger partial charge >= 0.3 is 5.97 Å². The number of ether oxygens (including phenoxy) is 2. The fourth-order valence-corrected chi connectivity index (χ4v) is 4.02. The van der Waals surface area contributed by atoms with Gasteiger partial charge in [-0.25, -0.2) is 4.79 Å². The lowest BCUT2D eigenvalue weighted by Crippen LogP contribution is -2.20. The van der Waals surface area contributed by atoms with E-state index in [1.807, 2.05) is 56.3 Å². The van der Waals surface area contributed by atoms with Crippen LogP contribution < -0.4 is 9.47 Å². The average Bonchev–Trinajstić information content (AvgIpc) is 2.70. The van der Waals surface area contributed by atoms with Crippen molar-refractivity contribution in [3.63, 3.8) is 0 Å². The monoisotopic (exact) mass is 452 g/mol. The van der Waals surface area contributed by atoms with Crippen LogP contribution in [0.1, 0.15) is 36.1 Å². The number of carbonyl (C=O) groups excluding carboxylic acids is 1. The lowest BCUT2D eigenvalue weighted by atomic mass is 9.78. The molecule has 150 valence electrons. The highest BCUT2D eigenvalue weighted by Crippen LogP contribution is 2.32. The summed E-state index contributed by atoms with van der Waals surface area (Å²) >= 11 is 3.44. The molecule has 0 radical (unpaired) electrons. The number of rotatable bonds is 6. The van der Waals surface area contributed by atoms with Gasteiger partial charge in [-0.3, -0.25) is 0 Å². The van der Waals surface area contributed by atoms with E-state index in [9.17, 15) is 4.79 Å². The van der Waals surface area contributed by atoms with Gasteiger partial charge in [-0.1, -0.05) is 72.2 Å². The van der Waals surface area contributed by atoms with Crippen LogP contribution in [0.25, 0.3) is 0 Å². The minimum Gasteiger partial charge on any atom is -0.482 e. The first-order valence-corrected chi connectivity index (χ1v) is 10.3. The Morgan fingerprint density at radius 2 is 1.45 bits per heavy atom. The zero-order chi connectivity index (χ0) is 21.0. The van der Waals surface area contributed by atoms with Gasteiger partial charge in [0.15, 0.2) is 6.61 Å². The van der Waals surface area contributed by atoms with Crippen LogP contribution >= 0.6 is 15.9 Å². The van der Waals surface area contributed by atoms with E-state index in [-0.39, 0.29) is 12.0 Å². The molecule has 0 aliphatic rings. The third-order valence-electron chi connectivity index (χ3n) is 5.07. The highest BCUT2D eigenvalue weighted by atomic mass is 79.9. The maximum absolute atomic E-state index is 12.2. The summed E-state index contributed by atoms with van der Waals surface area (Å²) in [5.41, 5.74) is 4.11. The number of aryl methyl sites for hydroxylation is 2. The van der Waals surface area contributed by atoms with E-state index in [0.717, 1.165) is 15.6 Å². The molecular formula is C25H25BrO3. The molecule has 0 saturated carbocycles. The molecule has 0 atom stereocenters. The van der Waals surface area contributed by atoms with Crippen molar-refractivity contribution in [2.75, 3.05) is 6.61 Å². The summed E-state index contributed by atoms with van der Waals surface area (Å²) in [5, 5.41) is 0. The van der Waals surface area contributed by atoms with Crippen LogP contribution in [-0.4, -0.2) is 12.6 Å². The Labute approximate surface area is 180 Å². The predicted molar refractivity (Wildman–Crippen MR) is 120 cm³/mol. The predicted octanol–water partition coefficient (Wildman–Crippen LogP) is 6.38. The molecule has 0 heterocycles. The fourth-order valence-electron chi connectivity index (χ4n) is 3.33. The summed E-state index contributed by atoms with van der Waals surface area (Å²) in [5.74, 6) is 0.799. The quantitative estimate of drug-likeness (QED) is 0.321. The Kier molecular flexibility index (Phi) is 6.43. The Hall–Kier alpha value is -2.59. The summed E-state index contributed by atoms with van der Waals surface area (Å²) in [6.07, 6.45) is 0. The van der Waals surface area contributed by atoms with Gasteiger partial charge in [0.2, 0.25) is 0 Å². The Morgan fingerprint density at radius 1 is 0.897 bits per heavy atom. The summed E-state index contributed by atoms with van der Waals surface area (Å²) in [6, 6.07) is 22.1. The number of halogens is 1. The largest absolute Gasteiger partial charge is 0.482 e. The van der Waals surface area contributed by atoms with Crippen molar-refractivity contribution < 1.29 is 14.3 Å². The second-order valence-electron chi connectivity index (χ2n) is 7.65. The van der Waals surface area contributed by atoms with Crippen molar-refractivity contribution in [3.05, 3.63) is 93.5 Å². The van der Waals surface area contributed by atoms with Crippen LogP contribution in [0, 0.1) is 13.8 Å². The number of carbonyl (C=O) groups is 1. The Morgan fingerprint density at radius 3 is 2.03 bits per heavy atom. The van der Waals surface area contributed by atoms with Crippen LogP contribution in [0.4, 0.5) is 0 Å². The van der Waals surface area contributed by atoms with Crippen LogP contribution in [-0.2, 0) is 10.2 Å². The molecule has 3 rings (SSSR count). The van der Waals surface area contributed by atoms with E-state index in [4.69, 9.17) is 9.47 Å². The molecule has 4 heteroatoms. The van der Waals surface area contributed by atoms with Crippen molar-refractivity contribution in [1.82, 2.24) is 0 Å². The molecular weight excluding hydrogens is 428 g/mol. The van der Waals surface area contributed by atoms with Gasteiger partial charge in [-0.05, 0) is 60.4 Å². The topological polar surface area (TPSA) is 35.5 Å². The highest BCUT2D eigenvalue weighted by Gasteiger charge is 2.22. The number of hydrogen-bond acceptors (Lipinski definition) is 3. The third-order valence-corrected chi connectivity index (χ3v) is 5.53. The van der Waals surface area contributed by atoms with Crippen molar-refractivity contribution in [3.8, 4) is 11.5 Å². The van der Waals surface area contributed by atoms with Crippen molar-refractivity contribution >= 4 is 21.9 Å². The number of hydrogen-bond donors (Lipinski definition) is 0. The van der Waals surface area contributed by atoms with Gasteiger partial charge < -0.3 is 9.47 Å². The molecule has 3 aromatic rings.